The fourth-order valence-corrected chi connectivity index (χ4v) is 13.5. The predicted molar refractivity (Wildman–Crippen MR) is 283 cm³/mol. The Kier molecular flexibility index (Phi) is 8.65. The zero-order valence-electron chi connectivity index (χ0n) is 41.0. The molecule has 0 amide bonds. The SMILES string of the molecule is Cc1cc(C(C)(C)C)ccc1N1c2cc(N(c3ccccc3)c3ccccc3)cc3c2B(c2ccc4c(c21)C(C)(C)c1ccccc1-4)c1cc(C(C)(C)C)cc2c1N3C1(C)CCCCC21C. The second-order valence-corrected chi connectivity index (χ2v) is 23.4. The summed E-state index contributed by atoms with van der Waals surface area (Å²) < 4.78 is 0. The molecule has 3 aliphatic heterocycles. The molecule has 0 spiro atoms. The summed E-state index contributed by atoms with van der Waals surface area (Å²) in [6.07, 6.45) is 4.84. The summed E-state index contributed by atoms with van der Waals surface area (Å²) in [6.45, 7) is 26.8. The number of hydrogen-bond donors (Lipinski definition) is 0. The Hall–Kier alpha value is -6.00. The van der Waals surface area contributed by atoms with Crippen molar-refractivity contribution in [3.8, 4) is 11.1 Å². The first kappa shape index (κ1) is 41.4. The molecule has 0 N–H and O–H groups in total. The first-order chi connectivity index (χ1) is 31.4. The van der Waals surface area contributed by atoms with Gasteiger partial charge in [-0.1, -0.05) is 172 Å². The fraction of sp³-hybridized carbons (Fsp3) is 0.323. The summed E-state index contributed by atoms with van der Waals surface area (Å²) in [5, 5.41) is 0. The molecule has 66 heavy (non-hydrogen) atoms. The second kappa shape index (κ2) is 13.8. The Morgan fingerprint density at radius 2 is 1.17 bits per heavy atom. The first-order valence-corrected chi connectivity index (χ1v) is 24.7. The minimum atomic E-state index is -0.237. The van der Waals surface area contributed by atoms with Crippen molar-refractivity contribution in [3.63, 3.8) is 0 Å². The smallest absolute Gasteiger partial charge is 0.252 e. The van der Waals surface area contributed by atoms with E-state index in [4.69, 9.17) is 0 Å². The average molecular weight is 862 g/mol. The van der Waals surface area contributed by atoms with Gasteiger partial charge in [0.15, 0.2) is 0 Å². The summed E-state index contributed by atoms with van der Waals surface area (Å²) in [5.41, 5.74) is 25.3. The van der Waals surface area contributed by atoms with Gasteiger partial charge in [-0.05, 0) is 141 Å². The molecule has 2 atom stereocenters. The summed E-state index contributed by atoms with van der Waals surface area (Å²) in [5.74, 6) is 0. The zero-order valence-corrected chi connectivity index (χ0v) is 41.0. The molecule has 2 aliphatic carbocycles. The van der Waals surface area contributed by atoms with Gasteiger partial charge in [-0.2, -0.15) is 0 Å². The van der Waals surface area contributed by atoms with Gasteiger partial charge in [-0.3, -0.25) is 0 Å². The maximum Gasteiger partial charge on any atom is 0.252 e. The molecular formula is C62H64BN3. The van der Waals surface area contributed by atoms with Crippen LogP contribution in [0, 0.1) is 6.92 Å². The topological polar surface area (TPSA) is 9.72 Å². The molecule has 7 aromatic rings. The van der Waals surface area contributed by atoms with E-state index < -0.39 is 0 Å². The average Bonchev–Trinajstić information content (AvgIpc) is 3.66. The number of nitrogens with zero attached hydrogens (tertiary/aromatic N) is 3. The number of anilines is 8. The van der Waals surface area contributed by atoms with Crippen molar-refractivity contribution in [2.24, 2.45) is 0 Å². The Bertz CT molecular complexity index is 3110. The lowest BCUT2D eigenvalue weighted by atomic mass is 9.33. The molecule has 5 aliphatic rings. The van der Waals surface area contributed by atoms with Crippen LogP contribution in [-0.2, 0) is 21.7 Å². The number of aryl methyl sites for hydroxylation is 1. The highest BCUT2D eigenvalue weighted by molar-refractivity contribution is 7.00. The summed E-state index contributed by atoms with van der Waals surface area (Å²) >= 11 is 0. The van der Waals surface area contributed by atoms with E-state index in [0.29, 0.717) is 0 Å². The Labute approximate surface area is 394 Å². The highest BCUT2D eigenvalue weighted by atomic mass is 15.3. The third-order valence-corrected chi connectivity index (χ3v) is 17.1. The standard InChI is InChI=1S/C62H64BN3/c1-39-34-40(58(2,3)4)28-31-51(39)65-52-37-44(64(42-22-14-12-15-23-42)43-24-16-13-17-25-43)38-53-55(52)63(49-30-29-46-45-26-18-19-27-47(45)60(8,9)54(46)57(49)65)50-36-41(59(5,6)7)35-48-56(50)66(53)62(11)33-21-20-32-61(48,62)10/h12-19,22-31,34-38H,20-21,32-33H2,1-11H3. The molecule has 1 fully saturated rings. The van der Waals surface area contributed by atoms with Gasteiger partial charge in [0.25, 0.3) is 6.71 Å². The van der Waals surface area contributed by atoms with Gasteiger partial charge in [0.05, 0.1) is 11.2 Å². The van der Waals surface area contributed by atoms with E-state index in [0.717, 1.165) is 17.8 Å². The van der Waals surface area contributed by atoms with Gasteiger partial charge in [0.2, 0.25) is 0 Å². The zero-order chi connectivity index (χ0) is 45.9. The fourth-order valence-electron chi connectivity index (χ4n) is 13.5. The van der Waals surface area contributed by atoms with Crippen molar-refractivity contribution in [2.75, 3.05) is 14.7 Å². The van der Waals surface area contributed by atoms with Crippen LogP contribution in [0.2, 0.25) is 0 Å². The molecule has 7 aromatic carbocycles. The van der Waals surface area contributed by atoms with Crippen LogP contribution in [0.15, 0.2) is 140 Å². The van der Waals surface area contributed by atoms with Crippen LogP contribution in [-0.4, -0.2) is 12.3 Å². The molecule has 3 heterocycles. The van der Waals surface area contributed by atoms with Crippen LogP contribution in [0.1, 0.15) is 128 Å². The molecular weight excluding hydrogens is 798 g/mol. The van der Waals surface area contributed by atoms with Gasteiger partial charge >= 0.3 is 0 Å². The van der Waals surface area contributed by atoms with E-state index in [2.05, 4.69) is 230 Å². The summed E-state index contributed by atoms with van der Waals surface area (Å²) in [6, 6.07) is 54.1. The molecule has 0 saturated heterocycles. The van der Waals surface area contributed by atoms with Crippen molar-refractivity contribution in [1.29, 1.82) is 0 Å². The quantitative estimate of drug-likeness (QED) is 0.163. The molecule has 0 bridgehead atoms. The second-order valence-electron chi connectivity index (χ2n) is 23.4. The number of para-hydroxylation sites is 2. The Morgan fingerprint density at radius 3 is 1.83 bits per heavy atom. The molecule has 12 rings (SSSR count). The minimum Gasteiger partial charge on any atom is -0.335 e. The summed E-state index contributed by atoms with van der Waals surface area (Å²) in [4.78, 5) is 8.15. The van der Waals surface area contributed by atoms with E-state index in [1.807, 2.05) is 0 Å². The van der Waals surface area contributed by atoms with Crippen molar-refractivity contribution >= 4 is 68.6 Å². The van der Waals surface area contributed by atoms with Crippen molar-refractivity contribution in [3.05, 3.63) is 173 Å². The highest BCUT2D eigenvalue weighted by Gasteiger charge is 2.62. The lowest BCUT2D eigenvalue weighted by molar-refractivity contribution is 0.195. The normalized spacial score (nSPS) is 20.6. The summed E-state index contributed by atoms with van der Waals surface area (Å²) in [7, 11) is 0. The Balaban J connectivity index is 1.27. The van der Waals surface area contributed by atoms with Gasteiger partial charge in [-0.15, -0.1) is 0 Å². The van der Waals surface area contributed by atoms with Gasteiger partial charge < -0.3 is 14.7 Å². The van der Waals surface area contributed by atoms with Crippen LogP contribution in [0.5, 0.6) is 0 Å². The van der Waals surface area contributed by atoms with Crippen LogP contribution >= 0.6 is 0 Å². The van der Waals surface area contributed by atoms with E-state index >= 15 is 0 Å². The predicted octanol–water partition coefficient (Wildman–Crippen LogP) is 14.7. The van der Waals surface area contributed by atoms with Crippen molar-refractivity contribution < 1.29 is 0 Å². The van der Waals surface area contributed by atoms with Crippen LogP contribution in [0.4, 0.5) is 45.5 Å². The lowest BCUT2D eigenvalue weighted by Gasteiger charge is -2.53. The van der Waals surface area contributed by atoms with E-state index in [9.17, 15) is 0 Å². The van der Waals surface area contributed by atoms with Crippen LogP contribution in [0.25, 0.3) is 11.1 Å². The third kappa shape index (κ3) is 5.51. The minimum absolute atomic E-state index is 0.0176. The molecule has 0 radical (unpaired) electrons. The van der Waals surface area contributed by atoms with Crippen molar-refractivity contribution in [2.45, 2.75) is 129 Å². The number of rotatable bonds is 4. The molecule has 2 unspecified atom stereocenters. The number of fused-ring (bicyclic) bond motifs is 11. The molecule has 3 nitrogen and oxygen atoms in total. The molecule has 4 heteroatoms. The molecule has 1 saturated carbocycles. The lowest BCUT2D eigenvalue weighted by Crippen LogP contribution is -2.65. The number of hydrogen-bond acceptors (Lipinski definition) is 3. The Morgan fingerprint density at radius 1 is 0.530 bits per heavy atom. The van der Waals surface area contributed by atoms with E-state index in [1.165, 1.54) is 109 Å². The van der Waals surface area contributed by atoms with E-state index in [1.54, 1.807) is 5.56 Å². The monoisotopic (exact) mass is 862 g/mol. The maximum atomic E-state index is 2.90. The first-order valence-electron chi connectivity index (χ1n) is 24.7. The van der Waals surface area contributed by atoms with Crippen LogP contribution < -0.4 is 31.1 Å². The maximum absolute atomic E-state index is 2.90. The molecule has 0 aromatic heterocycles. The van der Waals surface area contributed by atoms with Gasteiger partial charge in [0.1, 0.15) is 0 Å². The van der Waals surface area contributed by atoms with Gasteiger partial charge in [0, 0.05) is 50.6 Å². The largest absolute Gasteiger partial charge is 0.335 e. The molecule has 330 valence electrons. The van der Waals surface area contributed by atoms with Crippen molar-refractivity contribution in [1.82, 2.24) is 0 Å². The van der Waals surface area contributed by atoms with Crippen LogP contribution in [0.3, 0.4) is 0 Å². The third-order valence-electron chi connectivity index (χ3n) is 17.1. The van der Waals surface area contributed by atoms with Gasteiger partial charge in [-0.25, -0.2) is 0 Å². The van der Waals surface area contributed by atoms with E-state index in [-0.39, 0.29) is 33.9 Å². The highest BCUT2D eigenvalue weighted by Crippen LogP contribution is 2.63. The number of benzene rings is 7.